The van der Waals surface area contributed by atoms with Crippen LogP contribution < -0.4 is 5.73 Å². The topological polar surface area (TPSA) is 32.5 Å². The number of piperazine rings is 1. The molecule has 1 heterocycles. The van der Waals surface area contributed by atoms with Crippen molar-refractivity contribution in [3.05, 3.63) is 0 Å². The molecule has 0 radical (unpaired) electrons. The maximum Gasteiger partial charge on any atom is 0.0195 e. The fourth-order valence-electron chi connectivity index (χ4n) is 2.08. The molecule has 0 amide bonds. The molecule has 0 aromatic carbocycles. The van der Waals surface area contributed by atoms with Gasteiger partial charge < -0.3 is 10.6 Å². The second kappa shape index (κ2) is 4.81. The molecule has 2 atom stereocenters. The van der Waals surface area contributed by atoms with E-state index in [2.05, 4.69) is 44.5 Å². The van der Waals surface area contributed by atoms with Gasteiger partial charge in [0.05, 0.1) is 0 Å². The van der Waals surface area contributed by atoms with E-state index in [9.17, 15) is 0 Å². The number of hydrogen-bond donors (Lipinski definition) is 1. The first kappa shape index (κ1) is 12.9. The lowest BCUT2D eigenvalue weighted by atomic mass is 9.85. The Bertz CT molecular complexity index is 201. The van der Waals surface area contributed by atoms with Crippen LogP contribution in [-0.4, -0.2) is 55.1 Å². The van der Waals surface area contributed by atoms with Crippen molar-refractivity contribution in [3.8, 4) is 0 Å². The van der Waals surface area contributed by atoms with E-state index in [1.807, 2.05) is 0 Å². The molecule has 0 aliphatic carbocycles. The lowest BCUT2D eigenvalue weighted by Crippen LogP contribution is -2.55. The van der Waals surface area contributed by atoms with E-state index in [-0.39, 0.29) is 11.5 Å². The second-order valence-corrected chi connectivity index (χ2v) is 5.86. The molecule has 0 aromatic rings. The van der Waals surface area contributed by atoms with E-state index >= 15 is 0 Å². The van der Waals surface area contributed by atoms with Gasteiger partial charge in [-0.05, 0) is 26.3 Å². The van der Waals surface area contributed by atoms with Gasteiger partial charge in [-0.15, -0.1) is 0 Å². The highest BCUT2D eigenvalue weighted by Gasteiger charge is 2.30. The highest BCUT2D eigenvalue weighted by atomic mass is 15.3. The molecule has 2 unspecified atom stereocenters. The van der Waals surface area contributed by atoms with Crippen molar-refractivity contribution in [1.82, 2.24) is 9.80 Å². The van der Waals surface area contributed by atoms with E-state index in [0.29, 0.717) is 6.04 Å². The van der Waals surface area contributed by atoms with Crippen molar-refractivity contribution >= 4 is 0 Å². The highest BCUT2D eigenvalue weighted by Crippen LogP contribution is 2.22. The quantitative estimate of drug-likeness (QED) is 0.759. The fourth-order valence-corrected chi connectivity index (χ4v) is 2.08. The van der Waals surface area contributed by atoms with Crippen molar-refractivity contribution < 1.29 is 0 Å². The van der Waals surface area contributed by atoms with Gasteiger partial charge in [-0.2, -0.15) is 0 Å². The van der Waals surface area contributed by atoms with Crippen LogP contribution in [0.4, 0.5) is 0 Å². The molecule has 1 fully saturated rings. The van der Waals surface area contributed by atoms with Gasteiger partial charge >= 0.3 is 0 Å². The first-order valence-electron chi connectivity index (χ1n) is 6.01. The normalized spacial score (nSPS) is 28.0. The van der Waals surface area contributed by atoms with Crippen LogP contribution in [0.5, 0.6) is 0 Å². The molecule has 3 nitrogen and oxygen atoms in total. The third-order valence-electron chi connectivity index (χ3n) is 3.81. The number of nitrogens with zero attached hydrogens (tertiary/aromatic N) is 2. The molecule has 1 aliphatic rings. The number of rotatable bonds is 3. The average molecular weight is 213 g/mol. The van der Waals surface area contributed by atoms with Crippen LogP contribution in [0.3, 0.4) is 0 Å². The van der Waals surface area contributed by atoms with E-state index in [4.69, 9.17) is 5.73 Å². The van der Waals surface area contributed by atoms with Crippen LogP contribution in [0.25, 0.3) is 0 Å². The molecule has 1 aliphatic heterocycles. The summed E-state index contributed by atoms with van der Waals surface area (Å²) in [5.74, 6) is 0. The van der Waals surface area contributed by atoms with Crippen LogP contribution in [0.2, 0.25) is 0 Å². The van der Waals surface area contributed by atoms with Gasteiger partial charge in [0, 0.05) is 38.3 Å². The lowest BCUT2D eigenvalue weighted by molar-refractivity contribution is 0.0587. The van der Waals surface area contributed by atoms with E-state index in [1.54, 1.807) is 0 Å². The third kappa shape index (κ3) is 3.44. The van der Waals surface area contributed by atoms with Crippen LogP contribution in [-0.2, 0) is 0 Å². The minimum atomic E-state index is 0.212. The van der Waals surface area contributed by atoms with Crippen molar-refractivity contribution in [2.45, 2.75) is 39.8 Å². The Morgan fingerprint density at radius 3 is 2.47 bits per heavy atom. The molecule has 90 valence electrons. The Morgan fingerprint density at radius 1 is 1.40 bits per heavy atom. The Hall–Kier alpha value is -0.120. The van der Waals surface area contributed by atoms with Gasteiger partial charge in [-0.1, -0.05) is 13.8 Å². The number of hydrogen-bond acceptors (Lipinski definition) is 3. The molecular formula is C12H27N3. The molecule has 0 saturated carbocycles. The Balaban J connectivity index is 2.51. The predicted octanol–water partition coefficient (Wildman–Crippen LogP) is 0.996. The van der Waals surface area contributed by atoms with Crippen LogP contribution in [0, 0.1) is 5.41 Å². The van der Waals surface area contributed by atoms with Gasteiger partial charge in [0.15, 0.2) is 0 Å². The zero-order valence-corrected chi connectivity index (χ0v) is 11.0. The molecule has 1 saturated heterocycles. The van der Waals surface area contributed by atoms with Gasteiger partial charge in [-0.25, -0.2) is 0 Å². The smallest absolute Gasteiger partial charge is 0.0195 e. The highest BCUT2D eigenvalue weighted by molar-refractivity contribution is 4.86. The summed E-state index contributed by atoms with van der Waals surface area (Å²) < 4.78 is 0. The largest absolute Gasteiger partial charge is 0.327 e. The van der Waals surface area contributed by atoms with Crippen LogP contribution >= 0.6 is 0 Å². The monoisotopic (exact) mass is 213 g/mol. The van der Waals surface area contributed by atoms with Gasteiger partial charge in [0.2, 0.25) is 0 Å². The minimum Gasteiger partial charge on any atom is -0.327 e. The molecule has 0 aromatic heterocycles. The van der Waals surface area contributed by atoms with Crippen molar-refractivity contribution in [2.24, 2.45) is 11.1 Å². The van der Waals surface area contributed by atoms with Crippen molar-refractivity contribution in [3.63, 3.8) is 0 Å². The molecule has 2 N–H and O–H groups in total. The summed E-state index contributed by atoms with van der Waals surface area (Å²) in [5.41, 5.74) is 6.24. The zero-order valence-electron chi connectivity index (χ0n) is 11.0. The van der Waals surface area contributed by atoms with Gasteiger partial charge in [0.25, 0.3) is 0 Å². The third-order valence-corrected chi connectivity index (χ3v) is 3.81. The Kier molecular flexibility index (Phi) is 4.15. The number of likely N-dealkylation sites (N-methyl/N-ethyl adjacent to an activating group) is 1. The Labute approximate surface area is 94.6 Å². The SMILES string of the molecule is CC1CN(C)CCN1CC(C)(C)C(C)N. The summed E-state index contributed by atoms with van der Waals surface area (Å²) in [6, 6.07) is 0.908. The average Bonchev–Trinajstić information content (AvgIpc) is 2.09. The van der Waals surface area contributed by atoms with Crippen LogP contribution in [0.15, 0.2) is 0 Å². The lowest BCUT2D eigenvalue weighted by Gasteiger charge is -2.43. The van der Waals surface area contributed by atoms with Gasteiger partial charge in [0.1, 0.15) is 0 Å². The molecule has 1 rings (SSSR count). The molecule has 15 heavy (non-hydrogen) atoms. The summed E-state index contributed by atoms with van der Waals surface area (Å²) in [4.78, 5) is 4.98. The van der Waals surface area contributed by atoms with Gasteiger partial charge in [-0.3, -0.25) is 4.90 Å². The fraction of sp³-hybridized carbons (Fsp3) is 1.00. The first-order valence-corrected chi connectivity index (χ1v) is 6.01. The summed E-state index contributed by atoms with van der Waals surface area (Å²) >= 11 is 0. The summed E-state index contributed by atoms with van der Waals surface area (Å²) in [6.45, 7) is 13.6. The molecule has 0 bridgehead atoms. The second-order valence-electron chi connectivity index (χ2n) is 5.86. The van der Waals surface area contributed by atoms with E-state index in [1.165, 1.54) is 19.6 Å². The minimum absolute atomic E-state index is 0.212. The summed E-state index contributed by atoms with van der Waals surface area (Å²) in [6.07, 6.45) is 0. The molecular weight excluding hydrogens is 186 g/mol. The summed E-state index contributed by atoms with van der Waals surface area (Å²) in [5, 5.41) is 0. The van der Waals surface area contributed by atoms with E-state index < -0.39 is 0 Å². The van der Waals surface area contributed by atoms with E-state index in [0.717, 1.165) is 6.54 Å². The van der Waals surface area contributed by atoms with Crippen LogP contribution in [0.1, 0.15) is 27.7 Å². The van der Waals surface area contributed by atoms with Crippen molar-refractivity contribution in [1.29, 1.82) is 0 Å². The van der Waals surface area contributed by atoms with Crippen molar-refractivity contribution in [2.75, 3.05) is 33.2 Å². The maximum atomic E-state index is 6.02. The first-order chi connectivity index (χ1) is 6.83. The molecule has 0 spiro atoms. The summed E-state index contributed by atoms with van der Waals surface area (Å²) in [7, 11) is 2.20. The predicted molar refractivity (Wildman–Crippen MR) is 66.0 cm³/mol. The standard InChI is InChI=1S/C12H27N3/c1-10-8-14(5)6-7-15(10)9-12(3,4)11(2)13/h10-11H,6-9,13H2,1-5H3. The zero-order chi connectivity index (χ0) is 11.6. The Morgan fingerprint density at radius 2 is 2.00 bits per heavy atom. The molecule has 3 heteroatoms. The maximum absolute atomic E-state index is 6.02. The number of nitrogens with two attached hydrogens (primary N) is 1.